The molecule has 4 heterocycles. The van der Waals surface area contributed by atoms with Gasteiger partial charge in [0.05, 0.1) is 19.3 Å². The maximum atomic E-state index is 13.8. The highest BCUT2D eigenvalue weighted by atomic mass is 19.1. The molecule has 1 fully saturated rings. The molecule has 1 atom stereocenters. The molecule has 1 unspecified atom stereocenters. The SMILES string of the molecule is COc1ncc(F)cc1C1CCCN1c1ccn2nc(N)c(C(=O)O)c2n1. The summed E-state index contributed by atoms with van der Waals surface area (Å²) in [5.41, 5.74) is 6.34. The van der Waals surface area contributed by atoms with Crippen LogP contribution in [0.2, 0.25) is 0 Å². The third-order valence-electron chi connectivity index (χ3n) is 4.66. The number of methoxy groups -OCH3 is 1. The Labute approximate surface area is 153 Å². The molecule has 3 aromatic heterocycles. The number of carbonyl (C=O) groups is 1. The number of carboxylic acids is 1. The van der Waals surface area contributed by atoms with Crippen molar-refractivity contribution >= 4 is 23.3 Å². The number of hydrogen-bond donors (Lipinski definition) is 2. The van der Waals surface area contributed by atoms with Crippen molar-refractivity contribution < 1.29 is 19.0 Å². The van der Waals surface area contributed by atoms with Gasteiger partial charge in [-0.3, -0.25) is 0 Å². The van der Waals surface area contributed by atoms with Crippen molar-refractivity contribution in [3.8, 4) is 5.88 Å². The van der Waals surface area contributed by atoms with E-state index in [9.17, 15) is 14.3 Å². The lowest BCUT2D eigenvalue weighted by atomic mass is 10.1. The molecule has 3 N–H and O–H groups in total. The van der Waals surface area contributed by atoms with Gasteiger partial charge in [0.25, 0.3) is 0 Å². The minimum atomic E-state index is -1.19. The van der Waals surface area contributed by atoms with Gasteiger partial charge in [-0.05, 0) is 25.0 Å². The first-order chi connectivity index (χ1) is 13.0. The van der Waals surface area contributed by atoms with Crippen LogP contribution in [0.4, 0.5) is 16.0 Å². The smallest absolute Gasteiger partial charge is 0.343 e. The van der Waals surface area contributed by atoms with Gasteiger partial charge in [0.15, 0.2) is 11.5 Å². The minimum absolute atomic E-state index is 0.0962. The standard InChI is InChI=1S/C17H17FN6O3/c1-27-16-10(7-9(18)8-20-16)11-3-2-5-23(11)12-4-6-24-15(21-12)13(17(25)26)14(19)22-24/h4,6-8,11H,2-3,5H2,1H3,(H2,19,22)(H,25,26). The molecule has 0 amide bonds. The quantitative estimate of drug-likeness (QED) is 0.713. The van der Waals surface area contributed by atoms with Crippen molar-refractivity contribution in [2.24, 2.45) is 0 Å². The topological polar surface area (TPSA) is 119 Å². The Hall–Kier alpha value is -3.43. The Morgan fingerprint density at radius 1 is 1.48 bits per heavy atom. The molecule has 140 valence electrons. The molecule has 4 rings (SSSR count). The molecule has 1 saturated heterocycles. The highest BCUT2D eigenvalue weighted by Crippen LogP contribution is 2.39. The van der Waals surface area contributed by atoms with E-state index in [1.807, 2.05) is 4.90 Å². The fraction of sp³-hybridized carbons (Fsp3) is 0.294. The van der Waals surface area contributed by atoms with Crippen LogP contribution < -0.4 is 15.4 Å². The second-order valence-electron chi connectivity index (χ2n) is 6.22. The van der Waals surface area contributed by atoms with E-state index in [1.54, 1.807) is 12.3 Å². The average molecular weight is 372 g/mol. The third-order valence-corrected chi connectivity index (χ3v) is 4.66. The second-order valence-corrected chi connectivity index (χ2v) is 6.22. The van der Waals surface area contributed by atoms with E-state index in [0.717, 1.165) is 19.0 Å². The Balaban J connectivity index is 1.80. The molecule has 0 aliphatic carbocycles. The summed E-state index contributed by atoms with van der Waals surface area (Å²) in [5, 5.41) is 13.4. The number of carboxylic acid groups (broad SMARTS) is 1. The van der Waals surface area contributed by atoms with E-state index >= 15 is 0 Å². The summed E-state index contributed by atoms with van der Waals surface area (Å²) in [5.74, 6) is -0.826. The molecular weight excluding hydrogens is 355 g/mol. The van der Waals surface area contributed by atoms with Crippen LogP contribution in [-0.4, -0.2) is 44.3 Å². The molecule has 0 spiro atoms. The highest BCUT2D eigenvalue weighted by Gasteiger charge is 2.31. The van der Waals surface area contributed by atoms with E-state index in [4.69, 9.17) is 10.5 Å². The largest absolute Gasteiger partial charge is 0.481 e. The van der Waals surface area contributed by atoms with Crippen LogP contribution in [0, 0.1) is 5.82 Å². The zero-order valence-corrected chi connectivity index (χ0v) is 14.5. The lowest BCUT2D eigenvalue weighted by Gasteiger charge is -2.26. The molecule has 1 aliphatic rings. The number of nitrogens with zero attached hydrogens (tertiary/aromatic N) is 5. The minimum Gasteiger partial charge on any atom is -0.481 e. The number of nitrogens with two attached hydrogens (primary N) is 1. The third kappa shape index (κ3) is 2.78. The van der Waals surface area contributed by atoms with E-state index in [2.05, 4.69) is 15.1 Å². The summed E-state index contributed by atoms with van der Waals surface area (Å²) in [4.78, 5) is 21.9. The van der Waals surface area contributed by atoms with Crippen molar-refractivity contribution in [1.29, 1.82) is 0 Å². The molecule has 0 radical (unpaired) electrons. The van der Waals surface area contributed by atoms with Gasteiger partial charge in [0, 0.05) is 18.3 Å². The van der Waals surface area contributed by atoms with Gasteiger partial charge in [-0.15, -0.1) is 5.10 Å². The number of anilines is 2. The monoisotopic (exact) mass is 372 g/mol. The maximum absolute atomic E-state index is 13.8. The zero-order chi connectivity index (χ0) is 19.1. The first-order valence-electron chi connectivity index (χ1n) is 8.34. The second kappa shape index (κ2) is 6.38. The number of fused-ring (bicyclic) bond motifs is 1. The van der Waals surface area contributed by atoms with Gasteiger partial charge in [-0.2, -0.15) is 0 Å². The highest BCUT2D eigenvalue weighted by molar-refractivity contribution is 5.99. The van der Waals surface area contributed by atoms with Crippen molar-refractivity contribution in [3.05, 3.63) is 41.5 Å². The van der Waals surface area contributed by atoms with Gasteiger partial charge in [-0.25, -0.2) is 23.7 Å². The van der Waals surface area contributed by atoms with Gasteiger partial charge >= 0.3 is 5.97 Å². The molecule has 9 nitrogen and oxygen atoms in total. The fourth-order valence-corrected chi connectivity index (χ4v) is 3.52. The summed E-state index contributed by atoms with van der Waals surface area (Å²) in [6.07, 6.45) is 4.35. The first kappa shape index (κ1) is 17.0. The molecule has 1 aliphatic heterocycles. The van der Waals surface area contributed by atoms with E-state index in [0.29, 0.717) is 23.8 Å². The summed E-state index contributed by atoms with van der Waals surface area (Å²) in [7, 11) is 1.49. The van der Waals surface area contributed by atoms with Crippen molar-refractivity contribution in [3.63, 3.8) is 0 Å². The van der Waals surface area contributed by atoms with Crippen LogP contribution in [0.3, 0.4) is 0 Å². The molecule has 0 bridgehead atoms. The van der Waals surface area contributed by atoms with Gasteiger partial charge in [0.1, 0.15) is 17.2 Å². The first-order valence-corrected chi connectivity index (χ1v) is 8.34. The molecule has 0 aromatic carbocycles. The van der Waals surface area contributed by atoms with Crippen molar-refractivity contribution in [1.82, 2.24) is 19.6 Å². The van der Waals surface area contributed by atoms with E-state index in [1.165, 1.54) is 17.7 Å². The Bertz CT molecular complexity index is 1040. The Morgan fingerprint density at radius 3 is 3.04 bits per heavy atom. The number of pyridine rings is 1. The van der Waals surface area contributed by atoms with Crippen molar-refractivity contribution in [2.75, 3.05) is 24.3 Å². The summed E-state index contributed by atoms with van der Waals surface area (Å²) >= 11 is 0. The van der Waals surface area contributed by atoms with Crippen LogP contribution >= 0.6 is 0 Å². The molecular formula is C17H17FN6O3. The number of aromatic nitrogens is 4. The Kier molecular flexibility index (Phi) is 4.02. The van der Waals surface area contributed by atoms with Gasteiger partial charge in [-0.1, -0.05) is 0 Å². The number of ether oxygens (including phenoxy) is 1. The fourth-order valence-electron chi connectivity index (χ4n) is 3.52. The maximum Gasteiger partial charge on any atom is 0.343 e. The van der Waals surface area contributed by atoms with E-state index in [-0.39, 0.29) is 23.1 Å². The van der Waals surface area contributed by atoms with E-state index < -0.39 is 11.8 Å². The lowest BCUT2D eigenvalue weighted by molar-refractivity contribution is 0.0700. The summed E-state index contributed by atoms with van der Waals surface area (Å²) < 4.78 is 20.4. The number of halogens is 1. The molecule has 3 aromatic rings. The summed E-state index contributed by atoms with van der Waals surface area (Å²) in [6, 6.07) is 2.95. The number of hydrogen-bond acceptors (Lipinski definition) is 7. The van der Waals surface area contributed by atoms with Gasteiger partial charge in [0.2, 0.25) is 5.88 Å². The number of aromatic carboxylic acids is 1. The normalized spacial score (nSPS) is 16.8. The summed E-state index contributed by atoms with van der Waals surface area (Å²) in [6.45, 7) is 0.680. The Morgan fingerprint density at radius 2 is 2.30 bits per heavy atom. The van der Waals surface area contributed by atoms with Crippen LogP contribution in [0.5, 0.6) is 5.88 Å². The number of rotatable bonds is 4. The molecule has 27 heavy (non-hydrogen) atoms. The average Bonchev–Trinajstić information content (AvgIpc) is 3.24. The van der Waals surface area contributed by atoms with Gasteiger partial charge < -0.3 is 20.5 Å². The zero-order valence-electron chi connectivity index (χ0n) is 14.5. The predicted molar refractivity (Wildman–Crippen MR) is 94.4 cm³/mol. The van der Waals surface area contributed by atoms with Crippen LogP contribution in [-0.2, 0) is 0 Å². The van der Waals surface area contributed by atoms with Crippen LogP contribution in [0.25, 0.3) is 5.65 Å². The number of nitrogen functional groups attached to an aromatic ring is 1. The molecule has 0 saturated carbocycles. The lowest BCUT2D eigenvalue weighted by Crippen LogP contribution is -2.24. The predicted octanol–water partition coefficient (Wildman–Crippen LogP) is 1.89. The van der Waals surface area contributed by atoms with Crippen molar-refractivity contribution in [2.45, 2.75) is 18.9 Å². The van der Waals surface area contributed by atoms with Crippen LogP contribution in [0.1, 0.15) is 34.8 Å². The molecule has 10 heteroatoms. The van der Waals surface area contributed by atoms with Crippen LogP contribution in [0.15, 0.2) is 24.5 Å².